The van der Waals surface area contributed by atoms with Gasteiger partial charge in [0.2, 0.25) is 5.91 Å². The quantitative estimate of drug-likeness (QED) is 0.752. The van der Waals surface area contributed by atoms with Crippen molar-refractivity contribution >= 4 is 23.1 Å². The van der Waals surface area contributed by atoms with Crippen LogP contribution in [0.2, 0.25) is 0 Å². The summed E-state index contributed by atoms with van der Waals surface area (Å²) in [6.45, 7) is 2.02. The van der Waals surface area contributed by atoms with E-state index in [0.717, 1.165) is 0 Å². The summed E-state index contributed by atoms with van der Waals surface area (Å²) in [7, 11) is 0. The molecule has 0 bridgehead atoms. The lowest BCUT2D eigenvalue weighted by Crippen LogP contribution is -2.51. The van der Waals surface area contributed by atoms with Crippen molar-refractivity contribution in [3.63, 3.8) is 0 Å². The molecule has 4 nitrogen and oxygen atoms in total. The molecule has 1 aliphatic rings. The average molecular weight is 269 g/mol. The standard InChI is InChI=1S/C9H14F3N3OS/c10-9(11,12)5-8(16)15-3-1-14(2-4-15)6-7(13)17/h1-6H2,(H2,13,17). The first-order valence-corrected chi connectivity index (χ1v) is 5.54. The molecule has 0 aromatic carbocycles. The van der Waals surface area contributed by atoms with E-state index >= 15 is 0 Å². The molecular formula is C9H14F3N3OS. The van der Waals surface area contributed by atoms with Crippen LogP contribution >= 0.6 is 12.2 Å². The fourth-order valence-electron chi connectivity index (χ4n) is 1.66. The maximum atomic E-state index is 12.0. The number of carbonyl (C=O) groups excluding carboxylic acids is 1. The third-order valence-electron chi connectivity index (χ3n) is 2.46. The lowest BCUT2D eigenvalue weighted by Gasteiger charge is -2.34. The van der Waals surface area contributed by atoms with Crippen LogP contribution in [0, 0.1) is 0 Å². The summed E-state index contributed by atoms with van der Waals surface area (Å²) >= 11 is 4.74. The van der Waals surface area contributed by atoms with Crippen molar-refractivity contribution in [2.75, 3.05) is 32.7 Å². The molecule has 0 unspecified atom stereocenters. The van der Waals surface area contributed by atoms with Gasteiger partial charge in [-0.25, -0.2) is 0 Å². The molecule has 0 aromatic heterocycles. The van der Waals surface area contributed by atoms with Crippen molar-refractivity contribution in [2.24, 2.45) is 5.73 Å². The van der Waals surface area contributed by atoms with Gasteiger partial charge in [0.25, 0.3) is 0 Å². The average Bonchev–Trinajstić information content (AvgIpc) is 2.15. The predicted molar refractivity (Wildman–Crippen MR) is 60.5 cm³/mol. The molecule has 1 rings (SSSR count). The normalized spacial score (nSPS) is 18.2. The predicted octanol–water partition coefficient (Wildman–Crippen LogP) is 0.369. The molecule has 0 saturated carbocycles. The highest BCUT2D eigenvalue weighted by Crippen LogP contribution is 2.21. The van der Waals surface area contributed by atoms with Gasteiger partial charge in [-0.3, -0.25) is 9.69 Å². The zero-order chi connectivity index (χ0) is 13.1. The fraction of sp³-hybridized carbons (Fsp3) is 0.778. The molecule has 1 aliphatic heterocycles. The Morgan fingerprint density at radius 3 is 2.18 bits per heavy atom. The van der Waals surface area contributed by atoms with Crippen LogP contribution in [0.3, 0.4) is 0 Å². The van der Waals surface area contributed by atoms with Crippen molar-refractivity contribution in [1.82, 2.24) is 9.80 Å². The summed E-state index contributed by atoms with van der Waals surface area (Å²) in [4.78, 5) is 14.8. The Morgan fingerprint density at radius 2 is 1.76 bits per heavy atom. The molecule has 0 aliphatic carbocycles. The molecule has 0 spiro atoms. The smallest absolute Gasteiger partial charge is 0.392 e. The topological polar surface area (TPSA) is 49.6 Å². The number of nitrogens with zero attached hydrogens (tertiary/aromatic N) is 2. The monoisotopic (exact) mass is 269 g/mol. The Kier molecular flexibility index (Phi) is 4.70. The third-order valence-corrected chi connectivity index (χ3v) is 2.59. The second-order valence-electron chi connectivity index (χ2n) is 3.92. The maximum absolute atomic E-state index is 12.0. The summed E-state index contributed by atoms with van der Waals surface area (Å²) in [5.74, 6) is -0.868. The third kappa shape index (κ3) is 5.31. The summed E-state index contributed by atoms with van der Waals surface area (Å²) in [5, 5.41) is 0. The van der Waals surface area contributed by atoms with Crippen LogP contribution in [0.1, 0.15) is 6.42 Å². The fourth-order valence-corrected chi connectivity index (χ4v) is 1.84. The number of rotatable bonds is 3. The SMILES string of the molecule is NC(=S)CN1CCN(C(=O)CC(F)(F)F)CC1. The van der Waals surface area contributed by atoms with Gasteiger partial charge >= 0.3 is 6.18 Å². The van der Waals surface area contributed by atoms with Gasteiger partial charge in [0.05, 0.1) is 4.99 Å². The molecule has 8 heteroatoms. The second-order valence-corrected chi connectivity index (χ2v) is 4.44. The van der Waals surface area contributed by atoms with E-state index in [1.807, 2.05) is 4.90 Å². The molecule has 1 heterocycles. The van der Waals surface area contributed by atoms with Gasteiger partial charge in [-0.2, -0.15) is 13.2 Å². The molecule has 1 amide bonds. The first kappa shape index (κ1) is 14.2. The van der Waals surface area contributed by atoms with E-state index in [1.54, 1.807) is 0 Å². The van der Waals surface area contributed by atoms with E-state index in [2.05, 4.69) is 0 Å². The maximum Gasteiger partial charge on any atom is 0.397 e. The second kappa shape index (κ2) is 5.63. The van der Waals surface area contributed by atoms with Crippen molar-refractivity contribution < 1.29 is 18.0 Å². The first-order chi connectivity index (χ1) is 7.78. The van der Waals surface area contributed by atoms with Gasteiger partial charge in [0.15, 0.2) is 0 Å². The Labute approximate surface area is 103 Å². The molecule has 17 heavy (non-hydrogen) atoms. The van der Waals surface area contributed by atoms with Crippen LogP contribution < -0.4 is 5.73 Å². The first-order valence-electron chi connectivity index (χ1n) is 5.13. The summed E-state index contributed by atoms with van der Waals surface area (Å²) < 4.78 is 36.1. The van der Waals surface area contributed by atoms with Crippen molar-refractivity contribution in [3.8, 4) is 0 Å². The van der Waals surface area contributed by atoms with Gasteiger partial charge in [-0.1, -0.05) is 12.2 Å². The van der Waals surface area contributed by atoms with Crippen molar-refractivity contribution in [3.05, 3.63) is 0 Å². The summed E-state index contributed by atoms with van der Waals surface area (Å²) in [6.07, 6.45) is -5.82. The van der Waals surface area contributed by atoms with E-state index < -0.39 is 18.5 Å². The summed E-state index contributed by atoms with van der Waals surface area (Å²) in [6, 6.07) is 0. The van der Waals surface area contributed by atoms with E-state index in [1.165, 1.54) is 4.90 Å². The molecule has 0 aromatic rings. The van der Waals surface area contributed by atoms with E-state index in [4.69, 9.17) is 18.0 Å². The van der Waals surface area contributed by atoms with Crippen molar-refractivity contribution in [1.29, 1.82) is 0 Å². The van der Waals surface area contributed by atoms with Gasteiger partial charge in [0.1, 0.15) is 6.42 Å². The Balaban J connectivity index is 2.36. The molecule has 0 radical (unpaired) electrons. The Morgan fingerprint density at radius 1 is 1.24 bits per heavy atom. The largest absolute Gasteiger partial charge is 0.397 e. The highest BCUT2D eigenvalue weighted by molar-refractivity contribution is 7.80. The van der Waals surface area contributed by atoms with Crippen LogP contribution in [-0.4, -0.2) is 59.6 Å². The van der Waals surface area contributed by atoms with Crippen LogP contribution in [0.5, 0.6) is 0 Å². The molecular weight excluding hydrogens is 255 g/mol. The van der Waals surface area contributed by atoms with Gasteiger partial charge in [-0.15, -0.1) is 0 Å². The number of thiocarbonyl (C=S) groups is 1. The minimum absolute atomic E-state index is 0.289. The van der Waals surface area contributed by atoms with Gasteiger partial charge in [0, 0.05) is 32.7 Å². The number of amides is 1. The highest BCUT2D eigenvalue weighted by Gasteiger charge is 2.34. The van der Waals surface area contributed by atoms with E-state index in [-0.39, 0.29) is 13.1 Å². The summed E-state index contributed by atoms with van der Waals surface area (Å²) in [5.41, 5.74) is 5.36. The van der Waals surface area contributed by atoms with Gasteiger partial charge < -0.3 is 10.6 Å². The minimum Gasteiger partial charge on any atom is -0.392 e. The number of alkyl halides is 3. The van der Waals surface area contributed by atoms with Crippen LogP contribution in [-0.2, 0) is 4.79 Å². The van der Waals surface area contributed by atoms with E-state index in [9.17, 15) is 18.0 Å². The molecule has 1 saturated heterocycles. The van der Waals surface area contributed by atoms with E-state index in [0.29, 0.717) is 24.6 Å². The lowest BCUT2D eigenvalue weighted by atomic mass is 10.2. The molecule has 1 fully saturated rings. The number of hydrogen-bond donors (Lipinski definition) is 1. The highest BCUT2D eigenvalue weighted by atomic mass is 32.1. The van der Waals surface area contributed by atoms with Crippen LogP contribution in [0.4, 0.5) is 13.2 Å². The van der Waals surface area contributed by atoms with Crippen LogP contribution in [0.25, 0.3) is 0 Å². The molecule has 98 valence electrons. The zero-order valence-electron chi connectivity index (χ0n) is 9.16. The number of piperazine rings is 1. The molecule has 0 atom stereocenters. The minimum atomic E-state index is -4.44. The number of halogens is 3. The van der Waals surface area contributed by atoms with Crippen molar-refractivity contribution in [2.45, 2.75) is 12.6 Å². The Bertz CT molecular complexity index is 300. The number of nitrogens with two attached hydrogens (primary N) is 1. The Hall–Kier alpha value is -0.890. The zero-order valence-corrected chi connectivity index (χ0v) is 9.98. The number of hydrogen-bond acceptors (Lipinski definition) is 3. The molecule has 2 N–H and O–H groups in total. The lowest BCUT2D eigenvalue weighted by molar-refractivity contribution is -0.162. The van der Waals surface area contributed by atoms with Crippen LogP contribution in [0.15, 0.2) is 0 Å². The number of carbonyl (C=O) groups is 1. The van der Waals surface area contributed by atoms with Gasteiger partial charge in [-0.05, 0) is 0 Å².